The molecule has 0 aliphatic rings. The summed E-state index contributed by atoms with van der Waals surface area (Å²) in [5, 5.41) is 3.31. The summed E-state index contributed by atoms with van der Waals surface area (Å²) < 4.78 is 26.0. The third-order valence-corrected chi connectivity index (χ3v) is 2.65. The smallest absolute Gasteiger partial charge is 0.126 e. The van der Waals surface area contributed by atoms with Crippen LogP contribution in [0.25, 0.3) is 0 Å². The molecule has 3 heteroatoms. The van der Waals surface area contributed by atoms with E-state index in [0.717, 1.165) is 37.6 Å². The zero-order valence-corrected chi connectivity index (χ0v) is 11.1. The quantitative estimate of drug-likeness (QED) is 0.575. The molecule has 0 atom stereocenters. The Balaban J connectivity index is 2.43. The Morgan fingerprint density at radius 1 is 1.17 bits per heavy atom. The van der Waals surface area contributed by atoms with Crippen LogP contribution in [0.5, 0.6) is 0 Å². The van der Waals surface area contributed by atoms with Gasteiger partial charge in [-0.05, 0) is 57.0 Å². The van der Waals surface area contributed by atoms with E-state index >= 15 is 0 Å². The molecule has 0 unspecified atom stereocenters. The first kappa shape index (κ1) is 14.8. The van der Waals surface area contributed by atoms with Gasteiger partial charge in [-0.1, -0.05) is 18.6 Å². The first-order valence-electron chi connectivity index (χ1n) is 6.43. The van der Waals surface area contributed by atoms with Crippen LogP contribution in [0.2, 0.25) is 0 Å². The molecular formula is C15H21F2N. The van der Waals surface area contributed by atoms with Crippen LogP contribution in [0.1, 0.15) is 32.3 Å². The molecule has 0 fully saturated rings. The first-order chi connectivity index (χ1) is 8.61. The van der Waals surface area contributed by atoms with Crippen molar-refractivity contribution < 1.29 is 8.78 Å². The topological polar surface area (TPSA) is 12.0 Å². The minimum atomic E-state index is -0.512. The molecule has 0 saturated heterocycles. The van der Waals surface area contributed by atoms with Crippen molar-refractivity contribution >= 4 is 0 Å². The second kappa shape index (κ2) is 7.98. The molecule has 0 radical (unpaired) electrons. The fraction of sp³-hybridized carbons (Fsp3) is 0.467. The highest BCUT2D eigenvalue weighted by Crippen LogP contribution is 2.12. The molecule has 1 nitrogen and oxygen atoms in total. The van der Waals surface area contributed by atoms with Crippen molar-refractivity contribution in [1.29, 1.82) is 0 Å². The normalized spacial score (nSPS) is 11.9. The Bertz CT molecular complexity index is 379. The van der Waals surface area contributed by atoms with E-state index < -0.39 is 11.6 Å². The van der Waals surface area contributed by atoms with E-state index in [1.165, 1.54) is 12.1 Å². The number of rotatable bonds is 7. The molecule has 0 aromatic heterocycles. The molecule has 0 spiro atoms. The van der Waals surface area contributed by atoms with Crippen molar-refractivity contribution in [3.05, 3.63) is 47.0 Å². The van der Waals surface area contributed by atoms with E-state index in [0.29, 0.717) is 12.0 Å². The van der Waals surface area contributed by atoms with Crippen molar-refractivity contribution in [1.82, 2.24) is 5.32 Å². The maximum atomic E-state index is 13.0. The van der Waals surface area contributed by atoms with E-state index in [2.05, 4.69) is 18.3 Å². The molecule has 0 amide bonds. The van der Waals surface area contributed by atoms with Gasteiger partial charge in [-0.3, -0.25) is 0 Å². The summed E-state index contributed by atoms with van der Waals surface area (Å²) in [6, 6.07) is 3.67. The van der Waals surface area contributed by atoms with Gasteiger partial charge >= 0.3 is 0 Å². The van der Waals surface area contributed by atoms with E-state index in [9.17, 15) is 8.78 Å². The maximum absolute atomic E-state index is 13.0. The van der Waals surface area contributed by atoms with Gasteiger partial charge in [-0.25, -0.2) is 8.78 Å². The molecule has 0 aliphatic heterocycles. The molecular weight excluding hydrogens is 232 g/mol. The summed E-state index contributed by atoms with van der Waals surface area (Å²) in [5.74, 6) is -1.02. The highest BCUT2D eigenvalue weighted by molar-refractivity contribution is 5.23. The van der Waals surface area contributed by atoms with Gasteiger partial charge in [0.2, 0.25) is 0 Å². The lowest BCUT2D eigenvalue weighted by Crippen LogP contribution is -2.15. The Kier molecular flexibility index (Phi) is 6.58. The summed E-state index contributed by atoms with van der Waals surface area (Å²) in [5.41, 5.74) is 1.82. The fourth-order valence-corrected chi connectivity index (χ4v) is 1.83. The molecule has 1 rings (SSSR count). The largest absolute Gasteiger partial charge is 0.316 e. The Morgan fingerprint density at radius 2 is 1.83 bits per heavy atom. The van der Waals surface area contributed by atoms with Crippen molar-refractivity contribution in [2.24, 2.45) is 0 Å². The minimum absolute atomic E-state index is 0.512. The van der Waals surface area contributed by atoms with Gasteiger partial charge in [0.1, 0.15) is 11.6 Å². The summed E-state index contributed by atoms with van der Waals surface area (Å²) in [7, 11) is 0. The first-order valence-corrected chi connectivity index (χ1v) is 6.43. The highest BCUT2D eigenvalue weighted by Gasteiger charge is 2.01. The number of hydrogen-bond donors (Lipinski definition) is 1. The second-order valence-electron chi connectivity index (χ2n) is 4.54. The van der Waals surface area contributed by atoms with E-state index in [-0.39, 0.29) is 0 Å². The number of benzene rings is 1. The number of allylic oxidation sites excluding steroid dienone is 1. The lowest BCUT2D eigenvalue weighted by molar-refractivity contribution is 0.580. The van der Waals surface area contributed by atoms with Crippen molar-refractivity contribution in [3.63, 3.8) is 0 Å². The van der Waals surface area contributed by atoms with Gasteiger partial charge in [0.05, 0.1) is 0 Å². The van der Waals surface area contributed by atoms with Gasteiger partial charge in [-0.15, -0.1) is 0 Å². The number of halogens is 2. The third kappa shape index (κ3) is 5.92. The van der Waals surface area contributed by atoms with Crippen LogP contribution in [0.15, 0.2) is 29.8 Å². The minimum Gasteiger partial charge on any atom is -0.316 e. The maximum Gasteiger partial charge on any atom is 0.126 e. The zero-order valence-electron chi connectivity index (χ0n) is 11.1. The SMILES string of the molecule is CCCNCC/C=C(/C)Cc1cc(F)cc(F)c1. The second-order valence-corrected chi connectivity index (χ2v) is 4.54. The average molecular weight is 253 g/mol. The Morgan fingerprint density at radius 3 is 2.44 bits per heavy atom. The van der Waals surface area contributed by atoms with Crippen molar-refractivity contribution in [2.75, 3.05) is 13.1 Å². The molecule has 1 aromatic rings. The number of hydrogen-bond acceptors (Lipinski definition) is 1. The predicted octanol–water partition coefficient (Wildman–Crippen LogP) is 3.84. The lowest BCUT2D eigenvalue weighted by atomic mass is 10.1. The van der Waals surface area contributed by atoms with Gasteiger partial charge < -0.3 is 5.32 Å². The van der Waals surface area contributed by atoms with Crippen LogP contribution in [0, 0.1) is 11.6 Å². The fourth-order valence-electron chi connectivity index (χ4n) is 1.83. The standard InChI is InChI=1S/C15H21F2N/c1-3-6-18-7-4-5-12(2)8-13-9-14(16)11-15(17)10-13/h5,9-11,18H,3-4,6-8H2,1-2H3/b12-5-. The Labute approximate surface area is 108 Å². The van der Waals surface area contributed by atoms with Crippen LogP contribution < -0.4 is 5.32 Å². The monoisotopic (exact) mass is 253 g/mol. The molecule has 0 bridgehead atoms. The molecule has 0 heterocycles. The van der Waals surface area contributed by atoms with Gasteiger partial charge in [0, 0.05) is 6.07 Å². The summed E-state index contributed by atoms with van der Waals surface area (Å²) in [4.78, 5) is 0. The molecule has 0 aliphatic carbocycles. The molecule has 100 valence electrons. The van der Waals surface area contributed by atoms with Crippen molar-refractivity contribution in [2.45, 2.75) is 33.1 Å². The molecule has 18 heavy (non-hydrogen) atoms. The molecule has 1 N–H and O–H groups in total. The van der Waals surface area contributed by atoms with Crippen LogP contribution in [0.4, 0.5) is 8.78 Å². The lowest BCUT2D eigenvalue weighted by Gasteiger charge is -2.04. The zero-order chi connectivity index (χ0) is 13.4. The van der Waals surface area contributed by atoms with Crippen LogP contribution >= 0.6 is 0 Å². The van der Waals surface area contributed by atoms with Gasteiger partial charge in [0.15, 0.2) is 0 Å². The average Bonchev–Trinajstić information content (AvgIpc) is 2.27. The molecule has 0 saturated carbocycles. The molecule has 1 aromatic carbocycles. The third-order valence-electron chi connectivity index (χ3n) is 2.65. The van der Waals surface area contributed by atoms with E-state index in [1.54, 1.807) is 0 Å². The van der Waals surface area contributed by atoms with E-state index in [4.69, 9.17) is 0 Å². The number of nitrogens with one attached hydrogen (secondary N) is 1. The van der Waals surface area contributed by atoms with Crippen LogP contribution in [-0.4, -0.2) is 13.1 Å². The highest BCUT2D eigenvalue weighted by atomic mass is 19.1. The van der Waals surface area contributed by atoms with Gasteiger partial charge in [-0.2, -0.15) is 0 Å². The summed E-state index contributed by atoms with van der Waals surface area (Å²) >= 11 is 0. The predicted molar refractivity (Wildman–Crippen MR) is 71.6 cm³/mol. The Hall–Kier alpha value is -1.22. The summed E-state index contributed by atoms with van der Waals surface area (Å²) in [6.45, 7) is 6.10. The van der Waals surface area contributed by atoms with Crippen LogP contribution in [-0.2, 0) is 6.42 Å². The van der Waals surface area contributed by atoms with Gasteiger partial charge in [0.25, 0.3) is 0 Å². The summed E-state index contributed by atoms with van der Waals surface area (Å²) in [6.07, 6.45) is 4.79. The van der Waals surface area contributed by atoms with Crippen molar-refractivity contribution in [3.8, 4) is 0 Å². The van der Waals surface area contributed by atoms with Crippen LogP contribution in [0.3, 0.4) is 0 Å². The van der Waals surface area contributed by atoms with E-state index in [1.807, 2.05) is 6.92 Å².